The van der Waals surface area contributed by atoms with E-state index in [0.717, 1.165) is 75.7 Å². The largest absolute Gasteiger partial charge is 0.454 e. The number of amides is 1. The van der Waals surface area contributed by atoms with E-state index in [1.807, 2.05) is 24.3 Å². The van der Waals surface area contributed by atoms with Crippen LogP contribution in [0.15, 0.2) is 39.4 Å². The number of aryl methyl sites for hydroxylation is 1. The first-order valence-electron chi connectivity index (χ1n) is 10.1. The molecular formula is C22H23IN4O3. The molecule has 30 heavy (non-hydrogen) atoms. The lowest BCUT2D eigenvalue weighted by molar-refractivity contribution is 0.0952. The number of allylic oxidation sites excluding steroid dienone is 1. The van der Waals surface area contributed by atoms with Gasteiger partial charge in [-0.25, -0.2) is 4.99 Å². The molecule has 8 heteroatoms. The molecule has 7 nitrogen and oxygen atoms in total. The van der Waals surface area contributed by atoms with Crippen LogP contribution in [0.5, 0.6) is 11.5 Å². The lowest BCUT2D eigenvalue weighted by atomic mass is 10.1. The monoisotopic (exact) mass is 518 g/mol. The van der Waals surface area contributed by atoms with Crippen LogP contribution in [0.4, 0.5) is 0 Å². The number of nitrogens with zero attached hydrogens (tertiary/aromatic N) is 1. The third-order valence-corrected chi connectivity index (χ3v) is 7.41. The number of ether oxygens (including phenoxy) is 2. The van der Waals surface area contributed by atoms with Gasteiger partial charge >= 0.3 is 0 Å². The molecule has 0 unspecified atom stereocenters. The molecule has 156 valence electrons. The molecule has 0 atom stereocenters. The Hall–Kier alpha value is -2.46. The molecule has 3 N–H and O–H groups in total. The highest BCUT2D eigenvalue weighted by Crippen LogP contribution is 2.34. The van der Waals surface area contributed by atoms with Gasteiger partial charge in [-0.15, -0.1) is 0 Å². The van der Waals surface area contributed by atoms with Crippen molar-refractivity contribution < 1.29 is 14.3 Å². The van der Waals surface area contributed by atoms with Crippen LogP contribution in [0, 0.1) is 0 Å². The molecule has 0 aliphatic carbocycles. The van der Waals surface area contributed by atoms with Gasteiger partial charge < -0.3 is 25.1 Å². The van der Waals surface area contributed by atoms with Gasteiger partial charge in [-0.1, -0.05) is 20.7 Å². The fourth-order valence-electron chi connectivity index (χ4n) is 3.68. The minimum Gasteiger partial charge on any atom is -0.454 e. The molecule has 1 amide bonds. The summed E-state index contributed by atoms with van der Waals surface area (Å²) in [6.45, 7) is 2.83. The second-order valence-electron chi connectivity index (χ2n) is 7.30. The number of nitrogens with one attached hydrogen (secondary N) is 3. The van der Waals surface area contributed by atoms with E-state index in [9.17, 15) is 4.79 Å². The van der Waals surface area contributed by atoms with E-state index < -0.39 is 0 Å². The molecule has 1 aromatic carbocycles. The summed E-state index contributed by atoms with van der Waals surface area (Å²) in [6.07, 6.45) is 4.82. The number of hydrogen-bond donors (Lipinski definition) is 3. The van der Waals surface area contributed by atoms with Gasteiger partial charge in [-0.3, -0.25) is 4.79 Å². The summed E-state index contributed by atoms with van der Waals surface area (Å²) in [5, 5.41) is 6.45. The van der Waals surface area contributed by atoms with Gasteiger partial charge in [0.1, 0.15) is 3.63 Å². The van der Waals surface area contributed by atoms with Crippen LogP contribution in [0.1, 0.15) is 40.2 Å². The molecular weight excluding hydrogens is 495 g/mol. The number of carbonyl (C=O) groups excluding carboxylic acids is 1. The van der Waals surface area contributed by atoms with Crippen LogP contribution in [0.2, 0.25) is 0 Å². The van der Waals surface area contributed by atoms with Crippen LogP contribution in [-0.4, -0.2) is 46.7 Å². The van der Waals surface area contributed by atoms with Crippen molar-refractivity contribution in [1.82, 2.24) is 15.6 Å². The molecule has 0 spiro atoms. The zero-order valence-electron chi connectivity index (χ0n) is 16.5. The Bertz CT molecular complexity index is 1070. The highest BCUT2D eigenvalue weighted by atomic mass is 127. The van der Waals surface area contributed by atoms with E-state index in [2.05, 4.69) is 25.8 Å². The summed E-state index contributed by atoms with van der Waals surface area (Å²) in [5.41, 5.74) is 4.52. The fourth-order valence-corrected chi connectivity index (χ4v) is 5.64. The van der Waals surface area contributed by atoms with E-state index >= 15 is 0 Å². The average Bonchev–Trinajstić information content (AvgIpc) is 3.41. The first kappa shape index (κ1) is 19.5. The molecule has 2 aromatic rings. The van der Waals surface area contributed by atoms with Gasteiger partial charge in [0.15, 0.2) is 11.5 Å². The summed E-state index contributed by atoms with van der Waals surface area (Å²) < 4.78 is 14.2. The normalized spacial score (nSPS) is 19.0. The average molecular weight is 518 g/mol. The first-order valence-corrected chi connectivity index (χ1v) is 12.5. The van der Waals surface area contributed by atoms with Crippen molar-refractivity contribution in [3.8, 4) is 11.5 Å². The molecule has 3 aliphatic rings. The maximum absolute atomic E-state index is 12.7. The van der Waals surface area contributed by atoms with Crippen LogP contribution >= 0.6 is 20.7 Å². The minimum atomic E-state index is -0.330. The van der Waals surface area contributed by atoms with Crippen molar-refractivity contribution in [2.24, 2.45) is 4.99 Å². The zero-order valence-corrected chi connectivity index (χ0v) is 18.6. The quantitative estimate of drug-likeness (QED) is 0.534. The molecule has 0 fully saturated rings. The number of aliphatic imine (C=N–C) groups is 1. The Morgan fingerprint density at radius 3 is 2.90 bits per heavy atom. The van der Waals surface area contributed by atoms with Crippen molar-refractivity contribution in [2.75, 3.05) is 26.4 Å². The van der Waals surface area contributed by atoms with Gasteiger partial charge in [0.25, 0.3) is 5.91 Å². The minimum absolute atomic E-state index is 0.0119. The van der Waals surface area contributed by atoms with Crippen LogP contribution in [-0.2, 0) is 6.42 Å². The number of H-pyrrole nitrogens is 1. The Balaban J connectivity index is 1.44. The van der Waals surface area contributed by atoms with Crippen molar-refractivity contribution in [3.05, 3.63) is 56.9 Å². The van der Waals surface area contributed by atoms with Crippen LogP contribution < -0.4 is 20.1 Å². The third-order valence-electron chi connectivity index (χ3n) is 5.23. The highest BCUT2D eigenvalue weighted by molar-refractivity contribution is 14.2. The fraction of sp³-hybridized carbons (Fsp3) is 0.318. The van der Waals surface area contributed by atoms with E-state index in [0.29, 0.717) is 6.54 Å². The molecule has 4 heterocycles. The topological polar surface area (TPSA) is 87.7 Å². The molecule has 3 aliphatic heterocycles. The maximum atomic E-state index is 12.7. The SMILES string of the molecule is O=C1NCCCNCCCc2[nH]c(C3=NC(c4ccc5c(c4)OCO5)=IC=C3)cc21. The van der Waals surface area contributed by atoms with Crippen molar-refractivity contribution >= 4 is 36.0 Å². The predicted molar refractivity (Wildman–Crippen MR) is 125 cm³/mol. The van der Waals surface area contributed by atoms with Crippen molar-refractivity contribution in [3.63, 3.8) is 0 Å². The Labute approximate surface area is 184 Å². The number of aromatic amines is 1. The smallest absolute Gasteiger partial charge is 0.253 e. The second-order valence-corrected chi connectivity index (χ2v) is 9.66. The molecule has 0 saturated carbocycles. The molecule has 1 aromatic heterocycles. The summed E-state index contributed by atoms with van der Waals surface area (Å²) in [7, 11) is 0. The third kappa shape index (κ3) is 4.06. The first-order chi connectivity index (χ1) is 14.8. The van der Waals surface area contributed by atoms with E-state index in [1.54, 1.807) is 0 Å². The standard InChI is InChI=1S/C22H23IN4O3/c28-22-15-12-18(26-16(15)3-1-8-24-9-2-10-25-22)17-6-7-23-21(27-17)14-4-5-19-20(11-14)30-13-29-19/h4-7,11-12,24,26H,1-3,8-10,13H2,(H,25,28). The van der Waals surface area contributed by atoms with Gasteiger partial charge in [-0.2, -0.15) is 0 Å². The molecule has 0 saturated heterocycles. The Kier molecular flexibility index (Phi) is 5.67. The summed E-state index contributed by atoms with van der Waals surface area (Å²) in [5.74, 6) is 1.54. The van der Waals surface area contributed by atoms with Crippen LogP contribution in [0.25, 0.3) is 0 Å². The van der Waals surface area contributed by atoms with Gasteiger partial charge in [0.05, 0.1) is 17.0 Å². The lowest BCUT2D eigenvalue weighted by Crippen LogP contribution is -2.27. The zero-order chi connectivity index (χ0) is 20.3. The van der Waals surface area contributed by atoms with Gasteiger partial charge in [-0.05, 0) is 66.8 Å². The van der Waals surface area contributed by atoms with Crippen LogP contribution in [0.3, 0.4) is 0 Å². The number of carbonyl (C=O) groups is 1. The number of halogens is 1. The van der Waals surface area contributed by atoms with Crippen molar-refractivity contribution in [1.29, 1.82) is 0 Å². The number of aromatic nitrogens is 1. The molecule has 5 rings (SSSR count). The van der Waals surface area contributed by atoms with E-state index in [1.165, 1.54) is 0 Å². The van der Waals surface area contributed by atoms with E-state index in [4.69, 9.17) is 14.5 Å². The number of rotatable bonds is 2. The summed E-state index contributed by atoms with van der Waals surface area (Å²) >= 11 is -0.330. The van der Waals surface area contributed by atoms with Gasteiger partial charge in [0, 0.05) is 17.8 Å². The lowest BCUT2D eigenvalue weighted by Gasteiger charge is -2.08. The highest BCUT2D eigenvalue weighted by Gasteiger charge is 2.20. The maximum Gasteiger partial charge on any atom is 0.253 e. The number of hydrogen-bond acceptors (Lipinski definition) is 5. The number of fused-ring (bicyclic) bond motifs is 2. The Morgan fingerprint density at radius 2 is 1.93 bits per heavy atom. The van der Waals surface area contributed by atoms with Gasteiger partial charge in [0.2, 0.25) is 6.79 Å². The van der Waals surface area contributed by atoms with E-state index in [-0.39, 0.29) is 33.4 Å². The Morgan fingerprint density at radius 1 is 1.03 bits per heavy atom. The molecule has 0 radical (unpaired) electrons. The summed E-state index contributed by atoms with van der Waals surface area (Å²) in [4.78, 5) is 21.1. The number of benzene rings is 1. The second kappa shape index (κ2) is 8.73. The predicted octanol–water partition coefficient (Wildman–Crippen LogP) is 2.86. The summed E-state index contributed by atoms with van der Waals surface area (Å²) in [6, 6.07) is 7.92. The molecule has 0 bridgehead atoms. The van der Waals surface area contributed by atoms with Crippen molar-refractivity contribution in [2.45, 2.75) is 19.3 Å².